The Labute approximate surface area is 108 Å². The maximum atomic E-state index is 4.40. The first-order chi connectivity index (χ1) is 7.65. The third kappa shape index (κ3) is 2.83. The van der Waals surface area contributed by atoms with Gasteiger partial charge in [-0.05, 0) is 53.5 Å². The van der Waals surface area contributed by atoms with Crippen molar-refractivity contribution in [2.75, 3.05) is 5.32 Å². The molecule has 0 atom stereocenters. The molecule has 0 saturated carbocycles. The number of thiophene rings is 1. The van der Waals surface area contributed by atoms with Gasteiger partial charge in [0, 0.05) is 10.6 Å². The average Bonchev–Trinajstić information content (AvgIpc) is 2.56. The van der Waals surface area contributed by atoms with Crippen LogP contribution in [-0.4, -0.2) is 4.98 Å². The number of anilines is 1. The summed E-state index contributed by atoms with van der Waals surface area (Å²) >= 11 is 5.29. The molecule has 84 valence electrons. The monoisotopic (exact) mass is 296 g/mol. The SMILES string of the molecule is Cc1cccc(NCc2cc(C)c(Br)s2)n1. The number of rotatable bonds is 3. The molecule has 0 radical (unpaired) electrons. The number of pyridine rings is 1. The van der Waals surface area contributed by atoms with Gasteiger partial charge in [0.1, 0.15) is 5.82 Å². The van der Waals surface area contributed by atoms with Gasteiger partial charge in [-0.3, -0.25) is 0 Å². The largest absolute Gasteiger partial charge is 0.365 e. The van der Waals surface area contributed by atoms with Gasteiger partial charge in [0.2, 0.25) is 0 Å². The minimum atomic E-state index is 0.827. The summed E-state index contributed by atoms with van der Waals surface area (Å²) in [6.07, 6.45) is 0. The van der Waals surface area contributed by atoms with Crippen LogP contribution < -0.4 is 5.32 Å². The van der Waals surface area contributed by atoms with E-state index >= 15 is 0 Å². The maximum Gasteiger partial charge on any atom is 0.126 e. The zero-order valence-corrected chi connectivity index (χ0v) is 11.7. The molecule has 0 aliphatic heterocycles. The van der Waals surface area contributed by atoms with Crippen molar-refractivity contribution in [2.24, 2.45) is 0 Å². The Balaban J connectivity index is 2.02. The number of hydrogen-bond donors (Lipinski definition) is 1. The summed E-state index contributed by atoms with van der Waals surface area (Å²) in [6.45, 7) is 4.93. The number of nitrogens with one attached hydrogen (secondary N) is 1. The van der Waals surface area contributed by atoms with E-state index in [9.17, 15) is 0 Å². The van der Waals surface area contributed by atoms with Crippen molar-refractivity contribution in [2.45, 2.75) is 20.4 Å². The predicted molar refractivity (Wildman–Crippen MR) is 73.1 cm³/mol. The summed E-state index contributed by atoms with van der Waals surface area (Å²) in [4.78, 5) is 5.71. The molecule has 0 spiro atoms. The van der Waals surface area contributed by atoms with E-state index in [-0.39, 0.29) is 0 Å². The fourth-order valence-corrected chi connectivity index (χ4v) is 3.00. The van der Waals surface area contributed by atoms with Gasteiger partial charge in [-0.25, -0.2) is 4.98 Å². The number of aryl methyl sites for hydroxylation is 2. The van der Waals surface area contributed by atoms with Crippen molar-refractivity contribution >= 4 is 33.1 Å². The smallest absolute Gasteiger partial charge is 0.126 e. The van der Waals surface area contributed by atoms with Crippen LogP contribution in [0, 0.1) is 13.8 Å². The van der Waals surface area contributed by atoms with Crippen LogP contribution in [0.15, 0.2) is 28.1 Å². The quantitative estimate of drug-likeness (QED) is 0.921. The molecule has 0 amide bonds. The highest BCUT2D eigenvalue weighted by molar-refractivity contribution is 9.11. The lowest BCUT2D eigenvalue weighted by molar-refractivity contribution is 1.11. The Morgan fingerprint density at radius 2 is 2.19 bits per heavy atom. The van der Waals surface area contributed by atoms with Crippen LogP contribution in [0.2, 0.25) is 0 Å². The molecule has 2 nitrogen and oxygen atoms in total. The number of aromatic nitrogens is 1. The summed E-state index contributed by atoms with van der Waals surface area (Å²) < 4.78 is 1.21. The van der Waals surface area contributed by atoms with Crippen LogP contribution in [0.1, 0.15) is 16.1 Å². The van der Waals surface area contributed by atoms with Crippen LogP contribution in [0.3, 0.4) is 0 Å². The van der Waals surface area contributed by atoms with Crippen molar-refractivity contribution in [1.29, 1.82) is 0 Å². The van der Waals surface area contributed by atoms with Gasteiger partial charge in [-0.2, -0.15) is 0 Å². The Kier molecular flexibility index (Phi) is 3.61. The average molecular weight is 297 g/mol. The third-order valence-corrected chi connectivity index (χ3v) is 4.38. The minimum absolute atomic E-state index is 0.827. The van der Waals surface area contributed by atoms with Gasteiger partial charge >= 0.3 is 0 Å². The van der Waals surface area contributed by atoms with E-state index < -0.39 is 0 Å². The first-order valence-corrected chi connectivity index (χ1v) is 6.68. The molecule has 4 heteroatoms. The molecule has 0 aliphatic carbocycles. The Morgan fingerprint density at radius 3 is 2.81 bits per heavy atom. The van der Waals surface area contributed by atoms with Crippen molar-refractivity contribution in [1.82, 2.24) is 4.98 Å². The van der Waals surface area contributed by atoms with E-state index in [1.807, 2.05) is 25.1 Å². The fourth-order valence-electron chi connectivity index (χ4n) is 1.43. The lowest BCUT2D eigenvalue weighted by Gasteiger charge is -2.03. The second-order valence-corrected chi connectivity index (χ2v) is 6.14. The van der Waals surface area contributed by atoms with E-state index in [1.165, 1.54) is 14.2 Å². The Bertz CT molecular complexity index is 474. The number of hydrogen-bond acceptors (Lipinski definition) is 3. The predicted octanol–water partition coefficient (Wildman–Crippen LogP) is 4.13. The van der Waals surface area contributed by atoms with E-state index in [4.69, 9.17) is 0 Å². The molecule has 2 aromatic heterocycles. The number of halogens is 1. The van der Waals surface area contributed by atoms with Gasteiger partial charge in [0.05, 0.1) is 10.3 Å². The van der Waals surface area contributed by atoms with Crippen LogP contribution in [-0.2, 0) is 6.54 Å². The van der Waals surface area contributed by atoms with Crippen LogP contribution >= 0.6 is 27.3 Å². The Hall–Kier alpha value is -0.870. The molecule has 16 heavy (non-hydrogen) atoms. The fraction of sp³-hybridized carbons (Fsp3) is 0.250. The van der Waals surface area contributed by atoms with Gasteiger partial charge in [-0.15, -0.1) is 11.3 Å². The van der Waals surface area contributed by atoms with E-state index in [0.29, 0.717) is 0 Å². The Morgan fingerprint density at radius 1 is 1.38 bits per heavy atom. The summed E-state index contributed by atoms with van der Waals surface area (Å²) in [7, 11) is 0. The molecule has 2 heterocycles. The summed E-state index contributed by atoms with van der Waals surface area (Å²) in [6, 6.07) is 8.19. The van der Waals surface area contributed by atoms with Crippen LogP contribution in [0.5, 0.6) is 0 Å². The molecule has 0 unspecified atom stereocenters. The molecular weight excluding hydrogens is 284 g/mol. The van der Waals surface area contributed by atoms with E-state index in [2.05, 4.69) is 39.2 Å². The summed E-state index contributed by atoms with van der Waals surface area (Å²) in [5.74, 6) is 0.933. The van der Waals surface area contributed by atoms with Crippen molar-refractivity contribution in [3.8, 4) is 0 Å². The normalized spacial score (nSPS) is 10.4. The van der Waals surface area contributed by atoms with Crippen LogP contribution in [0.4, 0.5) is 5.82 Å². The maximum absolute atomic E-state index is 4.40. The molecule has 0 bridgehead atoms. The van der Waals surface area contributed by atoms with Crippen molar-refractivity contribution in [3.05, 3.63) is 44.2 Å². The highest BCUT2D eigenvalue weighted by Gasteiger charge is 2.02. The van der Waals surface area contributed by atoms with Gasteiger partial charge < -0.3 is 5.32 Å². The summed E-state index contributed by atoms with van der Waals surface area (Å²) in [5, 5.41) is 3.32. The third-order valence-electron chi connectivity index (χ3n) is 2.24. The molecular formula is C12H13BrN2S. The van der Waals surface area contributed by atoms with Gasteiger partial charge in [-0.1, -0.05) is 6.07 Å². The molecule has 1 N–H and O–H groups in total. The second kappa shape index (κ2) is 4.97. The molecule has 0 aromatic carbocycles. The lowest BCUT2D eigenvalue weighted by Crippen LogP contribution is -1.99. The molecule has 0 saturated heterocycles. The second-order valence-electron chi connectivity index (χ2n) is 3.69. The zero-order chi connectivity index (χ0) is 11.5. The topological polar surface area (TPSA) is 24.9 Å². The van der Waals surface area contributed by atoms with Crippen molar-refractivity contribution < 1.29 is 0 Å². The zero-order valence-electron chi connectivity index (χ0n) is 9.25. The molecule has 2 aromatic rings. The standard InChI is InChI=1S/C12H13BrN2S/c1-8-6-10(16-12(8)13)7-14-11-5-3-4-9(2)15-11/h3-6H,7H2,1-2H3,(H,14,15). The highest BCUT2D eigenvalue weighted by Crippen LogP contribution is 2.27. The van der Waals surface area contributed by atoms with E-state index in [0.717, 1.165) is 18.1 Å². The molecule has 0 aliphatic rings. The van der Waals surface area contributed by atoms with Gasteiger partial charge in [0.15, 0.2) is 0 Å². The molecule has 2 rings (SSSR count). The number of nitrogens with zero attached hydrogens (tertiary/aromatic N) is 1. The van der Waals surface area contributed by atoms with Crippen LogP contribution in [0.25, 0.3) is 0 Å². The van der Waals surface area contributed by atoms with E-state index in [1.54, 1.807) is 11.3 Å². The summed E-state index contributed by atoms with van der Waals surface area (Å²) in [5.41, 5.74) is 2.33. The highest BCUT2D eigenvalue weighted by atomic mass is 79.9. The van der Waals surface area contributed by atoms with Gasteiger partial charge in [0.25, 0.3) is 0 Å². The van der Waals surface area contributed by atoms with Crippen molar-refractivity contribution in [3.63, 3.8) is 0 Å². The first-order valence-electron chi connectivity index (χ1n) is 5.07. The first kappa shape index (κ1) is 11.6. The molecule has 0 fully saturated rings. The minimum Gasteiger partial charge on any atom is -0.365 e. The lowest BCUT2D eigenvalue weighted by atomic mass is 10.3.